The van der Waals surface area contributed by atoms with Crippen molar-refractivity contribution in [2.75, 3.05) is 14.2 Å². The first kappa shape index (κ1) is 8.19. The maximum Gasteiger partial charge on any atom is 0.488 e. The van der Waals surface area contributed by atoms with Gasteiger partial charge in [0.25, 0.3) is 0 Å². The van der Waals surface area contributed by atoms with Crippen LogP contribution < -0.4 is 0 Å². The minimum atomic E-state index is -3.12. The van der Waals surface area contributed by atoms with Crippen molar-refractivity contribution < 1.29 is 13.6 Å². The molecule has 0 saturated carbocycles. The summed E-state index contributed by atoms with van der Waals surface area (Å²) in [6.07, 6.45) is 6.34. The van der Waals surface area contributed by atoms with Crippen LogP contribution in [0.5, 0.6) is 0 Å². The highest BCUT2D eigenvalue weighted by molar-refractivity contribution is 7.51. The smallest absolute Gasteiger partial charge is 0.414 e. The summed E-state index contributed by atoms with van der Waals surface area (Å²) in [5.74, 6) is 2.31. The lowest BCUT2D eigenvalue weighted by Gasteiger charge is -2.17. The number of nitrogens with zero attached hydrogens (tertiary/aromatic N) is 1. The van der Waals surface area contributed by atoms with Crippen LogP contribution in [-0.2, 0) is 13.6 Å². The Kier molecular flexibility index (Phi) is 1.95. The van der Waals surface area contributed by atoms with Gasteiger partial charge in [0.05, 0.1) is 0 Å². The summed E-state index contributed by atoms with van der Waals surface area (Å²) in [7, 11) is -0.248. The average molecular weight is 173 g/mol. The van der Waals surface area contributed by atoms with Crippen LogP contribution in [0.1, 0.15) is 0 Å². The van der Waals surface area contributed by atoms with E-state index >= 15 is 0 Å². The van der Waals surface area contributed by atoms with Crippen molar-refractivity contribution in [3.63, 3.8) is 0 Å². The van der Waals surface area contributed by atoms with Gasteiger partial charge in [-0.25, -0.2) is 4.57 Å². The van der Waals surface area contributed by atoms with Crippen molar-refractivity contribution in [1.29, 1.82) is 0 Å². The fourth-order valence-corrected chi connectivity index (χ4v) is 1.76. The Morgan fingerprint density at radius 1 is 1.91 bits per heavy atom. The maximum absolute atomic E-state index is 11.4. The van der Waals surface area contributed by atoms with Crippen molar-refractivity contribution >= 4 is 7.75 Å². The van der Waals surface area contributed by atoms with Crippen LogP contribution in [0.2, 0.25) is 0 Å². The minimum Gasteiger partial charge on any atom is -0.414 e. The molecule has 0 N–H and O–H groups in total. The molecule has 0 bridgehead atoms. The van der Waals surface area contributed by atoms with Gasteiger partial charge in [-0.15, -0.1) is 6.42 Å². The Morgan fingerprint density at radius 2 is 2.55 bits per heavy atom. The molecule has 1 unspecified atom stereocenters. The van der Waals surface area contributed by atoms with Crippen LogP contribution in [-0.4, -0.2) is 18.8 Å². The van der Waals surface area contributed by atoms with Crippen LogP contribution in [0.15, 0.2) is 12.0 Å². The quantitative estimate of drug-likeness (QED) is 0.440. The second-order valence-corrected chi connectivity index (χ2v) is 4.04. The SMILES string of the molecule is C#CC1=COP(=O)(OC)N1C. The minimum absolute atomic E-state index is 0.426. The zero-order valence-electron chi connectivity index (χ0n) is 6.27. The summed E-state index contributed by atoms with van der Waals surface area (Å²) in [5, 5.41) is 0. The zero-order chi connectivity index (χ0) is 8.48. The first-order valence-corrected chi connectivity index (χ1v) is 4.39. The third-order valence-electron chi connectivity index (χ3n) is 1.39. The molecule has 0 spiro atoms. The molecule has 0 radical (unpaired) electrons. The van der Waals surface area contributed by atoms with E-state index in [4.69, 9.17) is 10.9 Å². The molecule has 0 aromatic heterocycles. The first-order valence-electron chi connectivity index (χ1n) is 2.89. The second kappa shape index (κ2) is 2.61. The topological polar surface area (TPSA) is 38.8 Å². The van der Waals surface area contributed by atoms with Crippen LogP contribution in [0.25, 0.3) is 0 Å². The van der Waals surface area contributed by atoms with E-state index in [-0.39, 0.29) is 0 Å². The first-order chi connectivity index (χ1) is 5.14. The lowest BCUT2D eigenvalue weighted by molar-refractivity contribution is 0.277. The van der Waals surface area contributed by atoms with Crippen molar-refractivity contribution in [1.82, 2.24) is 4.67 Å². The van der Waals surface area contributed by atoms with E-state index in [0.29, 0.717) is 5.70 Å². The van der Waals surface area contributed by atoms with Gasteiger partial charge in [0.2, 0.25) is 0 Å². The molecule has 0 fully saturated rings. The van der Waals surface area contributed by atoms with Crippen molar-refractivity contribution in [2.24, 2.45) is 0 Å². The Hall–Kier alpha value is -0.910. The fraction of sp³-hybridized carbons (Fsp3) is 0.333. The normalized spacial score (nSPS) is 29.2. The fourth-order valence-electron chi connectivity index (χ4n) is 0.688. The lowest BCUT2D eigenvalue weighted by Crippen LogP contribution is -2.09. The second-order valence-electron chi connectivity index (χ2n) is 1.93. The Labute approximate surface area is 65.4 Å². The summed E-state index contributed by atoms with van der Waals surface area (Å²) in [4.78, 5) is 0. The Morgan fingerprint density at radius 3 is 2.82 bits per heavy atom. The van der Waals surface area contributed by atoms with Crippen molar-refractivity contribution in [3.8, 4) is 12.3 Å². The largest absolute Gasteiger partial charge is 0.488 e. The molecule has 1 aliphatic rings. The summed E-state index contributed by atoms with van der Waals surface area (Å²) in [6, 6.07) is 0. The highest BCUT2D eigenvalue weighted by Gasteiger charge is 2.36. The highest BCUT2D eigenvalue weighted by atomic mass is 31.2. The van der Waals surface area contributed by atoms with Crippen LogP contribution >= 0.6 is 7.75 Å². The van der Waals surface area contributed by atoms with E-state index < -0.39 is 7.75 Å². The summed E-state index contributed by atoms with van der Waals surface area (Å²) in [5.41, 5.74) is 0.426. The van der Waals surface area contributed by atoms with Gasteiger partial charge < -0.3 is 4.52 Å². The Bertz CT molecular complexity index is 278. The van der Waals surface area contributed by atoms with Crippen LogP contribution in [0.3, 0.4) is 0 Å². The standard InChI is InChI=1S/C6H8NO3P/c1-4-6-5-10-11(8,9-3)7(6)2/h1,5H,2-3H3. The lowest BCUT2D eigenvalue weighted by atomic mass is 10.5. The van der Waals surface area contributed by atoms with Gasteiger partial charge >= 0.3 is 7.75 Å². The third kappa shape index (κ3) is 1.13. The molecule has 1 heterocycles. The van der Waals surface area contributed by atoms with E-state index in [0.717, 1.165) is 0 Å². The molecule has 4 nitrogen and oxygen atoms in total. The van der Waals surface area contributed by atoms with Crippen LogP contribution in [0.4, 0.5) is 0 Å². The monoisotopic (exact) mass is 173 g/mol. The number of rotatable bonds is 1. The number of terminal acetylenes is 1. The van der Waals surface area contributed by atoms with Crippen molar-refractivity contribution in [2.45, 2.75) is 0 Å². The number of allylic oxidation sites excluding steroid dienone is 1. The van der Waals surface area contributed by atoms with Gasteiger partial charge in [-0.05, 0) is 5.92 Å². The summed E-state index contributed by atoms with van der Waals surface area (Å²) < 4.78 is 22.1. The zero-order valence-corrected chi connectivity index (χ0v) is 7.17. The summed E-state index contributed by atoms with van der Waals surface area (Å²) >= 11 is 0. The van der Waals surface area contributed by atoms with Gasteiger partial charge in [0.1, 0.15) is 12.0 Å². The van der Waals surface area contributed by atoms with Gasteiger partial charge in [0.15, 0.2) is 0 Å². The van der Waals surface area contributed by atoms with Gasteiger partial charge in [-0.3, -0.25) is 9.19 Å². The number of hydrogen-bond donors (Lipinski definition) is 0. The predicted octanol–water partition coefficient (Wildman–Crippen LogP) is 1.18. The molecule has 0 saturated heterocycles. The average Bonchev–Trinajstić information content (AvgIpc) is 2.31. The highest BCUT2D eigenvalue weighted by Crippen LogP contribution is 2.56. The van der Waals surface area contributed by atoms with E-state index in [2.05, 4.69) is 10.4 Å². The van der Waals surface area contributed by atoms with E-state index in [1.165, 1.54) is 18.0 Å². The molecule has 1 atom stereocenters. The van der Waals surface area contributed by atoms with Gasteiger partial charge in [-0.2, -0.15) is 0 Å². The molecule has 5 heteroatoms. The molecule has 0 aromatic carbocycles. The van der Waals surface area contributed by atoms with Gasteiger partial charge in [-0.1, -0.05) is 0 Å². The Balaban J connectivity index is 2.89. The summed E-state index contributed by atoms with van der Waals surface area (Å²) in [6.45, 7) is 0. The van der Waals surface area contributed by atoms with Crippen molar-refractivity contribution in [3.05, 3.63) is 12.0 Å². The molecule has 11 heavy (non-hydrogen) atoms. The molecule has 60 valence electrons. The molecule has 1 aliphatic heterocycles. The van der Waals surface area contributed by atoms with E-state index in [1.54, 1.807) is 7.05 Å². The molecule has 0 aliphatic carbocycles. The van der Waals surface area contributed by atoms with Crippen LogP contribution in [0, 0.1) is 12.3 Å². The van der Waals surface area contributed by atoms with Gasteiger partial charge in [0, 0.05) is 14.2 Å². The van der Waals surface area contributed by atoms with E-state index in [9.17, 15) is 4.57 Å². The predicted molar refractivity (Wildman–Crippen MR) is 40.4 cm³/mol. The molecule has 0 amide bonds. The molecular formula is C6H8NO3P. The maximum atomic E-state index is 11.4. The molecule has 1 rings (SSSR count). The number of hydrogen-bond acceptors (Lipinski definition) is 3. The molecular weight excluding hydrogens is 165 g/mol. The van der Waals surface area contributed by atoms with E-state index in [1.807, 2.05) is 0 Å². The third-order valence-corrected chi connectivity index (χ3v) is 3.18. The molecule has 0 aromatic rings.